The average Bonchev–Trinajstić information content (AvgIpc) is 3.44. The van der Waals surface area contributed by atoms with Gasteiger partial charge in [-0.1, -0.05) is 17.3 Å². The Morgan fingerprint density at radius 2 is 2.22 bits per heavy atom. The lowest BCUT2D eigenvalue weighted by Gasteiger charge is -2.11. The van der Waals surface area contributed by atoms with Gasteiger partial charge in [-0.05, 0) is 31.0 Å². The molecule has 1 fully saturated rings. The molecule has 0 aliphatic carbocycles. The van der Waals surface area contributed by atoms with Gasteiger partial charge in [-0.15, -0.1) is 0 Å². The number of anilines is 1. The van der Waals surface area contributed by atoms with Crippen molar-refractivity contribution in [3.63, 3.8) is 0 Å². The minimum atomic E-state index is -0.308. The smallest absolute Gasteiger partial charge is 0.319 e. The maximum atomic E-state index is 12.2. The van der Waals surface area contributed by atoms with Crippen molar-refractivity contribution in [1.82, 2.24) is 25.2 Å². The zero-order valence-electron chi connectivity index (χ0n) is 14.7. The van der Waals surface area contributed by atoms with E-state index in [1.54, 1.807) is 10.9 Å². The highest BCUT2D eigenvalue weighted by atomic mass is 16.5. The van der Waals surface area contributed by atoms with Crippen LogP contribution in [-0.2, 0) is 11.2 Å². The Morgan fingerprint density at radius 3 is 3.04 bits per heavy atom. The van der Waals surface area contributed by atoms with Crippen LogP contribution in [0.3, 0.4) is 0 Å². The number of carbonyl (C=O) groups excluding carboxylic acids is 1. The molecule has 3 aromatic rings. The first kappa shape index (κ1) is 17.2. The molecule has 0 spiro atoms. The topological polar surface area (TPSA) is 107 Å². The SMILES string of the molecule is O=C(NCCc1noc([C@H]2CCCO2)n1)Nc1ccccc1-n1cccn1. The number of nitrogens with one attached hydrogen (secondary N) is 2. The summed E-state index contributed by atoms with van der Waals surface area (Å²) in [6.07, 6.45) is 5.79. The first-order valence-electron chi connectivity index (χ1n) is 8.87. The highest BCUT2D eigenvalue weighted by molar-refractivity contribution is 5.91. The van der Waals surface area contributed by atoms with Crippen LogP contribution >= 0.6 is 0 Å². The number of benzene rings is 1. The zero-order valence-corrected chi connectivity index (χ0v) is 14.7. The van der Waals surface area contributed by atoms with Crippen LogP contribution in [0.2, 0.25) is 0 Å². The third-order valence-electron chi connectivity index (χ3n) is 4.23. The number of amides is 2. The van der Waals surface area contributed by atoms with Gasteiger partial charge in [-0.3, -0.25) is 0 Å². The average molecular weight is 368 g/mol. The van der Waals surface area contributed by atoms with Gasteiger partial charge in [0.1, 0.15) is 6.10 Å². The second kappa shape index (κ2) is 8.00. The minimum Gasteiger partial charge on any atom is -0.368 e. The van der Waals surface area contributed by atoms with E-state index in [1.165, 1.54) is 0 Å². The third kappa shape index (κ3) is 4.14. The lowest BCUT2D eigenvalue weighted by molar-refractivity contribution is 0.0835. The monoisotopic (exact) mass is 368 g/mol. The number of para-hydroxylation sites is 2. The van der Waals surface area contributed by atoms with Crippen LogP contribution in [0.15, 0.2) is 47.2 Å². The predicted molar refractivity (Wildman–Crippen MR) is 96.5 cm³/mol. The Labute approximate surface area is 155 Å². The van der Waals surface area contributed by atoms with Crippen molar-refractivity contribution in [2.75, 3.05) is 18.5 Å². The number of urea groups is 1. The van der Waals surface area contributed by atoms with Gasteiger partial charge in [0, 0.05) is 32.0 Å². The summed E-state index contributed by atoms with van der Waals surface area (Å²) in [5, 5.41) is 13.8. The Kier molecular flexibility index (Phi) is 5.10. The molecule has 1 aliphatic heterocycles. The summed E-state index contributed by atoms with van der Waals surface area (Å²) in [6, 6.07) is 8.97. The quantitative estimate of drug-likeness (QED) is 0.692. The van der Waals surface area contributed by atoms with Crippen molar-refractivity contribution in [1.29, 1.82) is 0 Å². The molecule has 0 radical (unpaired) electrons. The van der Waals surface area contributed by atoms with Gasteiger partial charge >= 0.3 is 6.03 Å². The molecule has 1 aliphatic rings. The zero-order chi connectivity index (χ0) is 18.5. The van der Waals surface area contributed by atoms with Crippen molar-refractivity contribution in [3.8, 4) is 5.69 Å². The van der Waals surface area contributed by atoms with E-state index in [-0.39, 0.29) is 12.1 Å². The number of rotatable bonds is 6. The molecular formula is C18H20N6O3. The van der Waals surface area contributed by atoms with Gasteiger partial charge in [-0.2, -0.15) is 10.1 Å². The fourth-order valence-electron chi connectivity index (χ4n) is 2.92. The molecule has 4 rings (SSSR count). The number of hydrogen-bond acceptors (Lipinski definition) is 6. The molecule has 27 heavy (non-hydrogen) atoms. The van der Waals surface area contributed by atoms with E-state index in [4.69, 9.17) is 9.26 Å². The molecule has 9 nitrogen and oxygen atoms in total. The molecule has 1 saturated heterocycles. The molecule has 1 aromatic carbocycles. The lowest BCUT2D eigenvalue weighted by Crippen LogP contribution is -2.31. The summed E-state index contributed by atoms with van der Waals surface area (Å²) >= 11 is 0. The van der Waals surface area contributed by atoms with Gasteiger partial charge < -0.3 is 19.9 Å². The van der Waals surface area contributed by atoms with Crippen LogP contribution in [-0.4, -0.2) is 39.1 Å². The number of aromatic nitrogens is 4. The van der Waals surface area contributed by atoms with Crippen LogP contribution in [0.1, 0.15) is 30.7 Å². The summed E-state index contributed by atoms with van der Waals surface area (Å²) in [7, 11) is 0. The van der Waals surface area contributed by atoms with Gasteiger partial charge in [0.05, 0.1) is 11.4 Å². The summed E-state index contributed by atoms with van der Waals surface area (Å²) in [5.41, 5.74) is 1.45. The van der Waals surface area contributed by atoms with E-state index in [2.05, 4.69) is 25.9 Å². The summed E-state index contributed by atoms with van der Waals surface area (Å²) in [5.74, 6) is 1.07. The molecule has 2 amide bonds. The Balaban J connectivity index is 1.29. The fourth-order valence-corrected chi connectivity index (χ4v) is 2.92. The van der Waals surface area contributed by atoms with E-state index >= 15 is 0 Å². The number of nitrogens with zero attached hydrogens (tertiary/aromatic N) is 4. The molecule has 2 aromatic heterocycles. The number of ether oxygens (including phenoxy) is 1. The maximum Gasteiger partial charge on any atom is 0.319 e. The largest absolute Gasteiger partial charge is 0.368 e. The summed E-state index contributed by atoms with van der Waals surface area (Å²) in [4.78, 5) is 16.5. The van der Waals surface area contributed by atoms with Gasteiger partial charge in [0.25, 0.3) is 5.89 Å². The minimum absolute atomic E-state index is 0.0960. The van der Waals surface area contributed by atoms with Crippen molar-refractivity contribution in [2.45, 2.75) is 25.4 Å². The Bertz CT molecular complexity index is 886. The first-order valence-corrected chi connectivity index (χ1v) is 8.87. The highest BCUT2D eigenvalue weighted by Gasteiger charge is 2.23. The van der Waals surface area contributed by atoms with E-state index in [0.29, 0.717) is 30.4 Å². The second-order valence-electron chi connectivity index (χ2n) is 6.15. The molecule has 2 N–H and O–H groups in total. The lowest BCUT2D eigenvalue weighted by atomic mass is 10.2. The van der Waals surface area contributed by atoms with Gasteiger partial charge in [0.2, 0.25) is 0 Å². The molecule has 0 unspecified atom stereocenters. The van der Waals surface area contributed by atoms with Crippen LogP contribution in [0.25, 0.3) is 5.69 Å². The molecule has 9 heteroatoms. The molecule has 3 heterocycles. The second-order valence-corrected chi connectivity index (χ2v) is 6.15. The van der Waals surface area contributed by atoms with Crippen molar-refractivity contribution in [2.24, 2.45) is 0 Å². The van der Waals surface area contributed by atoms with Crippen molar-refractivity contribution < 1.29 is 14.1 Å². The molecule has 140 valence electrons. The third-order valence-corrected chi connectivity index (χ3v) is 4.23. The summed E-state index contributed by atoms with van der Waals surface area (Å²) < 4.78 is 12.5. The van der Waals surface area contributed by atoms with Gasteiger partial charge in [-0.25, -0.2) is 9.48 Å². The Hall–Kier alpha value is -3.20. The van der Waals surface area contributed by atoms with E-state index in [9.17, 15) is 4.79 Å². The molecular weight excluding hydrogens is 348 g/mol. The molecule has 1 atom stereocenters. The Morgan fingerprint density at radius 1 is 1.30 bits per heavy atom. The fraction of sp³-hybridized carbons (Fsp3) is 0.333. The highest BCUT2D eigenvalue weighted by Crippen LogP contribution is 2.26. The summed E-state index contributed by atoms with van der Waals surface area (Å²) in [6.45, 7) is 1.12. The first-order chi connectivity index (χ1) is 13.3. The van der Waals surface area contributed by atoms with Gasteiger partial charge in [0.15, 0.2) is 5.82 Å². The number of carbonyl (C=O) groups is 1. The molecule has 0 saturated carbocycles. The van der Waals surface area contributed by atoms with Crippen LogP contribution in [0, 0.1) is 0 Å². The van der Waals surface area contributed by atoms with Crippen molar-refractivity contribution >= 4 is 11.7 Å². The normalized spacial score (nSPS) is 16.4. The van der Waals surface area contributed by atoms with Crippen molar-refractivity contribution in [3.05, 3.63) is 54.4 Å². The standard InChI is InChI=1S/C18H20N6O3/c25-18(21-13-5-1-2-6-14(13)24-11-4-9-20-24)19-10-8-16-22-17(27-23-16)15-7-3-12-26-15/h1-2,4-6,9,11,15H,3,7-8,10,12H2,(H2,19,21,25)/t15-/m1/s1. The van der Waals surface area contributed by atoms with E-state index < -0.39 is 0 Å². The van der Waals surface area contributed by atoms with Crippen LogP contribution < -0.4 is 10.6 Å². The van der Waals surface area contributed by atoms with E-state index in [0.717, 1.165) is 25.1 Å². The van der Waals surface area contributed by atoms with Crippen LogP contribution in [0.5, 0.6) is 0 Å². The maximum absolute atomic E-state index is 12.2. The number of hydrogen-bond donors (Lipinski definition) is 2. The predicted octanol–water partition coefficient (Wildman–Crippen LogP) is 2.47. The molecule has 0 bridgehead atoms. The van der Waals surface area contributed by atoms with Crippen LogP contribution in [0.4, 0.5) is 10.5 Å². The van der Waals surface area contributed by atoms with E-state index in [1.807, 2.05) is 36.5 Å².